The van der Waals surface area contributed by atoms with Crippen molar-refractivity contribution in [1.29, 1.82) is 0 Å². The van der Waals surface area contributed by atoms with Crippen LogP contribution in [0, 0.1) is 15.9 Å². The molecule has 0 amide bonds. The molecule has 0 aliphatic heterocycles. The number of nitrogens with zero attached hydrogens (tertiary/aromatic N) is 1. The zero-order chi connectivity index (χ0) is 15.5. The lowest BCUT2D eigenvalue weighted by Gasteiger charge is -2.09. The highest BCUT2D eigenvalue weighted by Gasteiger charge is 2.16. The Balaban J connectivity index is 1.92. The van der Waals surface area contributed by atoms with E-state index >= 15 is 0 Å². The van der Waals surface area contributed by atoms with Gasteiger partial charge in [-0.05, 0) is 22.4 Å². The van der Waals surface area contributed by atoms with Crippen LogP contribution < -0.4 is 4.74 Å². The summed E-state index contributed by atoms with van der Waals surface area (Å²) in [5, 5.41) is 13.0. The molecule has 3 aromatic carbocycles. The molecule has 0 fully saturated rings. The van der Waals surface area contributed by atoms with E-state index in [2.05, 4.69) is 0 Å². The van der Waals surface area contributed by atoms with Crippen LogP contribution >= 0.6 is 0 Å². The van der Waals surface area contributed by atoms with Crippen LogP contribution in [-0.4, -0.2) is 4.92 Å². The summed E-state index contributed by atoms with van der Waals surface area (Å²) in [6.45, 7) is 0.131. The maximum Gasteiger partial charge on any atom is 0.311 e. The Morgan fingerprint density at radius 3 is 2.64 bits per heavy atom. The lowest BCUT2D eigenvalue weighted by atomic mass is 10.1. The van der Waals surface area contributed by atoms with Gasteiger partial charge >= 0.3 is 5.69 Å². The molecule has 0 aliphatic carbocycles. The van der Waals surface area contributed by atoms with Gasteiger partial charge in [-0.25, -0.2) is 4.39 Å². The van der Waals surface area contributed by atoms with Gasteiger partial charge in [0, 0.05) is 12.1 Å². The van der Waals surface area contributed by atoms with E-state index in [1.165, 1.54) is 0 Å². The molecule has 0 N–H and O–H groups in total. The molecule has 0 aliphatic rings. The van der Waals surface area contributed by atoms with Crippen LogP contribution in [0.5, 0.6) is 5.75 Å². The van der Waals surface area contributed by atoms with Crippen LogP contribution in [0.15, 0.2) is 60.7 Å². The molecule has 22 heavy (non-hydrogen) atoms. The molecule has 0 spiro atoms. The molecule has 0 saturated carbocycles. The van der Waals surface area contributed by atoms with Gasteiger partial charge in [0.25, 0.3) is 0 Å². The normalized spacial score (nSPS) is 10.6. The lowest BCUT2D eigenvalue weighted by molar-refractivity contribution is -0.386. The third-order valence-corrected chi connectivity index (χ3v) is 3.38. The van der Waals surface area contributed by atoms with Gasteiger partial charge in [0.1, 0.15) is 12.4 Å². The summed E-state index contributed by atoms with van der Waals surface area (Å²) in [7, 11) is 0. The second kappa shape index (κ2) is 5.81. The number of rotatable bonds is 4. The summed E-state index contributed by atoms with van der Waals surface area (Å²) < 4.78 is 18.8. The first-order chi connectivity index (χ1) is 10.6. The van der Waals surface area contributed by atoms with Gasteiger partial charge < -0.3 is 4.74 Å². The van der Waals surface area contributed by atoms with Gasteiger partial charge in [-0.1, -0.05) is 42.5 Å². The summed E-state index contributed by atoms with van der Waals surface area (Å²) in [5.41, 5.74) is 0.637. The van der Waals surface area contributed by atoms with Crippen LogP contribution in [0.1, 0.15) is 5.56 Å². The Kier molecular flexibility index (Phi) is 3.70. The highest BCUT2D eigenvalue weighted by atomic mass is 19.1. The fourth-order valence-corrected chi connectivity index (χ4v) is 2.33. The summed E-state index contributed by atoms with van der Waals surface area (Å²) in [6, 6.07) is 16.7. The Hall–Kier alpha value is -2.95. The zero-order valence-corrected chi connectivity index (χ0v) is 11.5. The molecule has 0 unspecified atom stereocenters. The molecule has 4 nitrogen and oxygen atoms in total. The number of nitro benzene ring substituents is 1. The van der Waals surface area contributed by atoms with Gasteiger partial charge in [0.05, 0.1) is 4.92 Å². The molecule has 0 heterocycles. The molecule has 0 saturated heterocycles. The molecular weight excluding hydrogens is 285 g/mol. The Labute approximate surface area is 125 Å². The van der Waals surface area contributed by atoms with Crippen molar-refractivity contribution in [2.45, 2.75) is 6.61 Å². The first-order valence-electron chi connectivity index (χ1n) is 6.68. The first-order valence-corrected chi connectivity index (χ1v) is 6.68. The van der Waals surface area contributed by atoms with Crippen LogP contribution in [0.2, 0.25) is 0 Å². The third kappa shape index (κ3) is 2.74. The highest BCUT2D eigenvalue weighted by Crippen LogP contribution is 2.29. The van der Waals surface area contributed by atoms with Crippen LogP contribution in [0.3, 0.4) is 0 Å². The van der Waals surface area contributed by atoms with Crippen LogP contribution in [0.4, 0.5) is 10.1 Å². The average molecular weight is 297 g/mol. The van der Waals surface area contributed by atoms with Crippen molar-refractivity contribution in [3.05, 3.63) is 82.2 Å². The third-order valence-electron chi connectivity index (χ3n) is 3.38. The molecule has 110 valence electrons. The van der Waals surface area contributed by atoms with E-state index < -0.39 is 10.7 Å². The van der Waals surface area contributed by atoms with Gasteiger partial charge in [-0.15, -0.1) is 0 Å². The van der Waals surface area contributed by atoms with Crippen molar-refractivity contribution >= 4 is 16.5 Å². The van der Waals surface area contributed by atoms with E-state index in [1.54, 1.807) is 0 Å². The average Bonchev–Trinajstić information content (AvgIpc) is 2.52. The van der Waals surface area contributed by atoms with E-state index in [-0.39, 0.29) is 18.0 Å². The predicted octanol–water partition coefficient (Wildman–Crippen LogP) is 4.47. The minimum absolute atomic E-state index is 0.0714. The van der Waals surface area contributed by atoms with E-state index in [0.29, 0.717) is 0 Å². The van der Waals surface area contributed by atoms with Gasteiger partial charge in [0.2, 0.25) is 0 Å². The minimum atomic E-state index is -0.585. The molecule has 5 heteroatoms. The van der Waals surface area contributed by atoms with Crippen molar-refractivity contribution < 1.29 is 14.1 Å². The summed E-state index contributed by atoms with van der Waals surface area (Å²) in [5.74, 6) is -0.642. The lowest BCUT2D eigenvalue weighted by Crippen LogP contribution is -2.00. The van der Waals surface area contributed by atoms with E-state index in [0.717, 1.165) is 34.5 Å². The van der Waals surface area contributed by atoms with E-state index in [1.807, 2.05) is 42.5 Å². The second-order valence-corrected chi connectivity index (χ2v) is 4.80. The van der Waals surface area contributed by atoms with Gasteiger partial charge in [0.15, 0.2) is 5.75 Å². The smallest absolute Gasteiger partial charge is 0.311 e. The molecular formula is C17H12FNO3. The second-order valence-electron chi connectivity index (χ2n) is 4.80. The summed E-state index contributed by atoms with van der Waals surface area (Å²) in [6.07, 6.45) is 0. The molecule has 3 aromatic rings. The number of halogens is 1. The van der Waals surface area contributed by atoms with Crippen molar-refractivity contribution in [2.24, 2.45) is 0 Å². The molecule has 3 rings (SSSR count). The minimum Gasteiger partial charge on any atom is -0.482 e. The van der Waals surface area contributed by atoms with Crippen molar-refractivity contribution in [3.63, 3.8) is 0 Å². The monoisotopic (exact) mass is 297 g/mol. The predicted molar refractivity (Wildman–Crippen MR) is 81.3 cm³/mol. The van der Waals surface area contributed by atoms with Crippen LogP contribution in [0.25, 0.3) is 10.8 Å². The Morgan fingerprint density at radius 1 is 1.05 bits per heavy atom. The number of hydrogen-bond acceptors (Lipinski definition) is 3. The topological polar surface area (TPSA) is 52.4 Å². The molecule has 0 atom stereocenters. The Morgan fingerprint density at radius 2 is 1.82 bits per heavy atom. The van der Waals surface area contributed by atoms with Gasteiger partial charge in [-0.2, -0.15) is 0 Å². The maximum absolute atomic E-state index is 13.3. The number of fused-ring (bicyclic) bond motifs is 1. The largest absolute Gasteiger partial charge is 0.482 e. The zero-order valence-electron chi connectivity index (χ0n) is 11.5. The van der Waals surface area contributed by atoms with Crippen molar-refractivity contribution in [3.8, 4) is 5.75 Å². The highest BCUT2D eigenvalue weighted by molar-refractivity contribution is 5.85. The van der Waals surface area contributed by atoms with E-state index in [9.17, 15) is 14.5 Å². The van der Waals surface area contributed by atoms with Crippen molar-refractivity contribution in [1.82, 2.24) is 0 Å². The number of nitro groups is 1. The number of benzene rings is 3. The molecule has 0 aromatic heterocycles. The first kappa shape index (κ1) is 14.0. The fourth-order valence-electron chi connectivity index (χ4n) is 2.33. The molecule has 0 bridgehead atoms. The van der Waals surface area contributed by atoms with Gasteiger partial charge in [-0.3, -0.25) is 10.1 Å². The fraction of sp³-hybridized carbons (Fsp3) is 0.0588. The van der Waals surface area contributed by atoms with Crippen molar-refractivity contribution in [2.75, 3.05) is 0 Å². The van der Waals surface area contributed by atoms with E-state index in [4.69, 9.17) is 4.74 Å². The number of hydrogen-bond donors (Lipinski definition) is 0. The standard InChI is InChI=1S/C17H12FNO3/c18-14-8-9-16(19(20)21)17(10-14)22-11-13-6-3-5-12-4-1-2-7-15(12)13/h1-10H,11H2. The van der Waals surface area contributed by atoms with Crippen LogP contribution in [-0.2, 0) is 6.61 Å². The maximum atomic E-state index is 13.3. The molecule has 0 radical (unpaired) electrons. The SMILES string of the molecule is O=[N+]([O-])c1ccc(F)cc1OCc1cccc2ccccc12. The quantitative estimate of drug-likeness (QED) is 0.527. The summed E-state index contributed by atoms with van der Waals surface area (Å²) in [4.78, 5) is 10.4. The Bertz CT molecular complexity index is 843. The summed E-state index contributed by atoms with van der Waals surface area (Å²) >= 11 is 0. The number of ether oxygens (including phenoxy) is 1.